The molecule has 0 heterocycles. The molecule has 0 aromatic heterocycles. The lowest BCUT2D eigenvalue weighted by Crippen LogP contribution is -2.30. The Balaban J connectivity index is 5.26. The Morgan fingerprint density at radius 3 is 0.793 bits per heavy atom. The van der Waals surface area contributed by atoms with Crippen LogP contribution in [0.4, 0.5) is 0 Å². The number of phosphoric ester groups is 2. The maximum Gasteiger partial charge on any atom is 0.472 e. The molecule has 0 aromatic carbocycles. The molecule has 0 saturated carbocycles. The molecule has 0 rings (SSSR count). The Bertz CT molecular complexity index is 1850. The van der Waals surface area contributed by atoms with Crippen molar-refractivity contribution in [1.82, 2.24) is 0 Å². The zero-order valence-corrected chi connectivity index (χ0v) is 60.8. The van der Waals surface area contributed by atoms with E-state index in [2.05, 4.69) is 52.0 Å². The van der Waals surface area contributed by atoms with Crippen LogP contribution in [0.5, 0.6) is 0 Å². The van der Waals surface area contributed by atoms with Crippen LogP contribution in [0.2, 0.25) is 0 Å². The van der Waals surface area contributed by atoms with Crippen molar-refractivity contribution >= 4 is 39.5 Å². The van der Waals surface area contributed by atoms with Gasteiger partial charge in [0.2, 0.25) is 0 Å². The van der Waals surface area contributed by atoms with Gasteiger partial charge in [-0.05, 0) is 51.4 Å². The van der Waals surface area contributed by atoms with Crippen LogP contribution in [0.3, 0.4) is 0 Å². The maximum atomic E-state index is 13.0. The van der Waals surface area contributed by atoms with Crippen molar-refractivity contribution in [3.63, 3.8) is 0 Å². The number of aliphatic hydroxyl groups excluding tert-OH is 1. The first-order chi connectivity index (χ1) is 44.7. The van der Waals surface area contributed by atoms with Crippen LogP contribution in [0, 0.1) is 0 Å². The molecular weight excluding hydrogens is 1210 g/mol. The van der Waals surface area contributed by atoms with Crippen molar-refractivity contribution in [2.24, 2.45) is 0 Å². The third-order valence-electron chi connectivity index (χ3n) is 16.5. The number of carbonyl (C=O) groups excluding carboxylic acids is 4. The molecule has 0 spiro atoms. The largest absolute Gasteiger partial charge is 0.472 e. The molecule has 3 N–H and O–H groups in total. The summed E-state index contributed by atoms with van der Waals surface area (Å²) in [5.41, 5.74) is 0. The quantitative estimate of drug-likeness (QED) is 0.0169. The van der Waals surface area contributed by atoms with Crippen LogP contribution < -0.4 is 0 Å². The van der Waals surface area contributed by atoms with Gasteiger partial charge in [-0.25, -0.2) is 9.13 Å². The minimum absolute atomic E-state index is 0.102. The van der Waals surface area contributed by atoms with Gasteiger partial charge in [-0.2, -0.15) is 0 Å². The molecular formula is C73H138O17P2. The van der Waals surface area contributed by atoms with Crippen LogP contribution in [0.1, 0.15) is 362 Å². The molecule has 0 aliphatic heterocycles. The second-order valence-corrected chi connectivity index (χ2v) is 28.6. The Kier molecular flexibility index (Phi) is 65.3. The van der Waals surface area contributed by atoms with Crippen LogP contribution in [-0.4, -0.2) is 96.7 Å². The molecule has 2 unspecified atom stereocenters. The first-order valence-corrected chi connectivity index (χ1v) is 40.6. The first-order valence-electron chi connectivity index (χ1n) is 37.6. The smallest absolute Gasteiger partial charge is 0.462 e. The van der Waals surface area contributed by atoms with E-state index in [0.717, 1.165) is 109 Å². The van der Waals surface area contributed by atoms with E-state index < -0.39 is 97.5 Å². The summed E-state index contributed by atoms with van der Waals surface area (Å²) in [6, 6.07) is 0. The van der Waals surface area contributed by atoms with Gasteiger partial charge in [-0.3, -0.25) is 37.3 Å². The van der Waals surface area contributed by atoms with Gasteiger partial charge in [-0.15, -0.1) is 0 Å². The zero-order chi connectivity index (χ0) is 67.5. The van der Waals surface area contributed by atoms with Gasteiger partial charge in [0.15, 0.2) is 12.2 Å². The Hall–Kier alpha value is -2.46. The van der Waals surface area contributed by atoms with Crippen molar-refractivity contribution in [3.8, 4) is 0 Å². The highest BCUT2D eigenvalue weighted by Gasteiger charge is 2.30. The standard InChI is InChI=1S/C73H138O17P2/c1-5-9-13-17-21-25-28-30-32-33-35-37-40-44-48-52-56-60-73(78)90-69(64-84-71(76)58-54-50-46-42-39-36-34-31-29-26-22-18-14-10-6-2)66-88-92(81,82)86-62-67(74)61-85-91(79,80)87-65-68(63-83-70(75)57-53-49-45-41-24-20-16-12-8-4)89-72(77)59-55-51-47-43-38-27-23-19-15-11-7-3/h26,29,31,34,67-69,74H,5-25,27-28,30,32-33,35-66H2,1-4H3,(H,79,80)(H,81,82)/b29-26-,34-31-/t67-,68+,69+/m0/s1. The molecule has 5 atom stereocenters. The molecule has 92 heavy (non-hydrogen) atoms. The predicted octanol–water partition coefficient (Wildman–Crippen LogP) is 21.0. The van der Waals surface area contributed by atoms with Crippen molar-refractivity contribution in [2.75, 3.05) is 39.6 Å². The molecule has 0 bridgehead atoms. The molecule has 0 saturated heterocycles. The summed E-state index contributed by atoms with van der Waals surface area (Å²) in [6.07, 6.45) is 59.0. The van der Waals surface area contributed by atoms with E-state index in [1.807, 2.05) is 0 Å². The highest BCUT2D eigenvalue weighted by molar-refractivity contribution is 7.47. The number of unbranched alkanes of at least 4 members (excludes halogenated alkanes) is 43. The SMILES string of the molecule is CCCCCC/C=C\C=C/CCCCCCCC(=O)OC[C@H](COP(=O)(O)OC[C@@H](O)COP(=O)(O)OC[C@@H](COC(=O)CCCCCCCCCCC)OC(=O)CCCCCCCCCCCCC)OC(=O)CCCCCCCCCCCCCCCCCCC. The van der Waals surface area contributed by atoms with E-state index in [-0.39, 0.29) is 25.7 Å². The van der Waals surface area contributed by atoms with E-state index in [1.165, 1.54) is 173 Å². The lowest BCUT2D eigenvalue weighted by Gasteiger charge is -2.21. The van der Waals surface area contributed by atoms with Crippen LogP contribution in [0.25, 0.3) is 0 Å². The third kappa shape index (κ3) is 66.2. The molecule has 0 aliphatic rings. The average molecular weight is 1350 g/mol. The van der Waals surface area contributed by atoms with E-state index in [9.17, 15) is 43.2 Å². The Labute approximate surface area is 561 Å². The van der Waals surface area contributed by atoms with Crippen LogP contribution in [-0.2, 0) is 65.4 Å². The maximum absolute atomic E-state index is 13.0. The van der Waals surface area contributed by atoms with Gasteiger partial charge in [0, 0.05) is 25.7 Å². The van der Waals surface area contributed by atoms with Crippen molar-refractivity contribution in [2.45, 2.75) is 380 Å². The second-order valence-electron chi connectivity index (χ2n) is 25.6. The first kappa shape index (κ1) is 89.5. The number of aliphatic hydroxyl groups is 1. The Morgan fingerprint density at radius 2 is 0.522 bits per heavy atom. The fourth-order valence-corrected chi connectivity index (χ4v) is 12.3. The number of rotatable bonds is 72. The van der Waals surface area contributed by atoms with Gasteiger partial charge in [0.05, 0.1) is 26.4 Å². The summed E-state index contributed by atoms with van der Waals surface area (Å²) in [4.78, 5) is 72.6. The van der Waals surface area contributed by atoms with Crippen molar-refractivity contribution in [3.05, 3.63) is 24.3 Å². The summed E-state index contributed by atoms with van der Waals surface area (Å²) in [6.45, 7) is 4.88. The number of esters is 4. The monoisotopic (exact) mass is 1350 g/mol. The van der Waals surface area contributed by atoms with E-state index in [1.54, 1.807) is 0 Å². The molecule has 542 valence electrons. The van der Waals surface area contributed by atoms with Gasteiger partial charge >= 0.3 is 39.5 Å². The van der Waals surface area contributed by atoms with Crippen LogP contribution >= 0.6 is 15.6 Å². The van der Waals surface area contributed by atoms with Crippen molar-refractivity contribution in [1.29, 1.82) is 0 Å². The molecule has 0 radical (unpaired) electrons. The summed E-state index contributed by atoms with van der Waals surface area (Å²) in [5, 5.41) is 10.6. The normalized spacial score (nSPS) is 14.1. The van der Waals surface area contributed by atoms with Gasteiger partial charge in [0.25, 0.3) is 0 Å². The predicted molar refractivity (Wildman–Crippen MR) is 372 cm³/mol. The molecule has 17 nitrogen and oxygen atoms in total. The molecule has 0 fully saturated rings. The van der Waals surface area contributed by atoms with E-state index >= 15 is 0 Å². The fourth-order valence-electron chi connectivity index (χ4n) is 10.7. The van der Waals surface area contributed by atoms with Gasteiger partial charge < -0.3 is 33.8 Å². The molecule has 0 aliphatic carbocycles. The number of hydrogen-bond donors (Lipinski definition) is 3. The summed E-state index contributed by atoms with van der Waals surface area (Å²) in [5.74, 6) is -2.15. The summed E-state index contributed by atoms with van der Waals surface area (Å²) >= 11 is 0. The lowest BCUT2D eigenvalue weighted by molar-refractivity contribution is -0.161. The van der Waals surface area contributed by atoms with Crippen molar-refractivity contribution < 1.29 is 80.2 Å². The van der Waals surface area contributed by atoms with Gasteiger partial charge in [0.1, 0.15) is 19.3 Å². The highest BCUT2D eigenvalue weighted by atomic mass is 31.2. The summed E-state index contributed by atoms with van der Waals surface area (Å²) < 4.78 is 68.3. The zero-order valence-electron chi connectivity index (χ0n) is 59.0. The minimum Gasteiger partial charge on any atom is -0.462 e. The number of phosphoric acid groups is 2. The number of carbonyl (C=O) groups is 4. The molecule has 0 amide bonds. The third-order valence-corrected chi connectivity index (χ3v) is 18.4. The highest BCUT2D eigenvalue weighted by Crippen LogP contribution is 2.45. The number of allylic oxidation sites excluding steroid dienone is 4. The van der Waals surface area contributed by atoms with Crippen LogP contribution in [0.15, 0.2) is 24.3 Å². The molecule has 19 heteroatoms. The molecule has 0 aromatic rings. The minimum atomic E-state index is -4.96. The fraction of sp³-hybridized carbons (Fsp3) is 0.890. The Morgan fingerprint density at radius 1 is 0.304 bits per heavy atom. The average Bonchev–Trinajstić information content (AvgIpc) is 2.26. The van der Waals surface area contributed by atoms with E-state index in [4.69, 9.17) is 37.0 Å². The van der Waals surface area contributed by atoms with Gasteiger partial charge in [-0.1, -0.05) is 309 Å². The lowest BCUT2D eigenvalue weighted by atomic mass is 10.0. The number of ether oxygens (including phenoxy) is 4. The number of hydrogen-bond acceptors (Lipinski definition) is 15. The van der Waals surface area contributed by atoms with E-state index in [0.29, 0.717) is 25.7 Å². The second kappa shape index (κ2) is 67.1. The summed E-state index contributed by atoms with van der Waals surface area (Å²) in [7, 11) is -9.91. The topological polar surface area (TPSA) is 237 Å².